The van der Waals surface area contributed by atoms with Crippen molar-refractivity contribution >= 4 is 21.6 Å². The maximum atomic E-state index is 12.9. The Morgan fingerprint density at radius 2 is 2.03 bits per heavy atom. The van der Waals surface area contributed by atoms with E-state index in [-0.39, 0.29) is 29.7 Å². The van der Waals surface area contributed by atoms with Gasteiger partial charge in [0.05, 0.1) is 23.7 Å². The van der Waals surface area contributed by atoms with E-state index in [1.54, 1.807) is 24.0 Å². The molecule has 1 aliphatic carbocycles. The number of aromatic nitrogens is 4. The van der Waals surface area contributed by atoms with Crippen LogP contribution >= 0.6 is 0 Å². The second-order valence-corrected chi connectivity index (χ2v) is 11.3. The Labute approximate surface area is 194 Å². The van der Waals surface area contributed by atoms with Gasteiger partial charge in [-0.1, -0.05) is 44.2 Å². The number of sulfonamides is 1. The standard InChI is InChI=1S/C23H30N6O3S/c1-4-33(31,32)25-14-20(16-8-6-5-7-9-16)29-15-17(13-24-29)26-22(30)21-18-10-11-23(2,3)12-19(18)27-28-21/h5-9,13,15,20,25H,4,10-12,14H2,1-3H3,(H,26,30)(H,27,28). The highest BCUT2D eigenvalue weighted by Crippen LogP contribution is 2.35. The van der Waals surface area contributed by atoms with Crippen LogP contribution in [0.15, 0.2) is 42.7 Å². The van der Waals surface area contributed by atoms with Crippen LogP contribution in [0.1, 0.15) is 60.5 Å². The van der Waals surface area contributed by atoms with Gasteiger partial charge < -0.3 is 5.32 Å². The van der Waals surface area contributed by atoms with Gasteiger partial charge in [-0.15, -0.1) is 0 Å². The Balaban J connectivity index is 1.52. The second kappa shape index (κ2) is 9.11. The lowest BCUT2D eigenvalue weighted by Crippen LogP contribution is -2.32. The lowest BCUT2D eigenvalue weighted by atomic mass is 9.76. The first kappa shape index (κ1) is 23.2. The number of amides is 1. The van der Waals surface area contributed by atoms with E-state index < -0.39 is 10.0 Å². The Hall–Kier alpha value is -2.98. The number of hydrogen-bond donors (Lipinski definition) is 3. The average Bonchev–Trinajstić information content (AvgIpc) is 3.40. The summed E-state index contributed by atoms with van der Waals surface area (Å²) in [6, 6.07) is 9.16. The molecule has 9 nitrogen and oxygen atoms in total. The Bertz CT molecular complexity index is 1230. The SMILES string of the molecule is CCS(=O)(=O)NCC(c1ccccc1)n1cc(NC(=O)c2n[nH]c3c2CCC(C)(C)C3)cn1. The smallest absolute Gasteiger partial charge is 0.276 e. The molecule has 1 amide bonds. The maximum absolute atomic E-state index is 12.9. The van der Waals surface area contributed by atoms with Crippen LogP contribution in [-0.4, -0.2) is 46.6 Å². The molecule has 2 heterocycles. The minimum Gasteiger partial charge on any atom is -0.318 e. The van der Waals surface area contributed by atoms with E-state index in [0.29, 0.717) is 11.4 Å². The van der Waals surface area contributed by atoms with Crippen molar-refractivity contribution in [2.75, 3.05) is 17.6 Å². The summed E-state index contributed by atoms with van der Waals surface area (Å²) < 4.78 is 28.3. The first-order valence-electron chi connectivity index (χ1n) is 11.1. The summed E-state index contributed by atoms with van der Waals surface area (Å²) in [7, 11) is -3.36. The third-order valence-electron chi connectivity index (χ3n) is 6.11. The summed E-state index contributed by atoms with van der Waals surface area (Å²) >= 11 is 0. The Kier molecular flexibility index (Phi) is 6.40. The Morgan fingerprint density at radius 1 is 1.27 bits per heavy atom. The van der Waals surface area contributed by atoms with E-state index in [0.717, 1.165) is 36.1 Å². The molecule has 1 unspecified atom stereocenters. The van der Waals surface area contributed by atoms with Crippen molar-refractivity contribution in [1.29, 1.82) is 0 Å². The predicted molar refractivity (Wildman–Crippen MR) is 127 cm³/mol. The quantitative estimate of drug-likeness (QED) is 0.467. The van der Waals surface area contributed by atoms with Crippen LogP contribution in [0.5, 0.6) is 0 Å². The topological polar surface area (TPSA) is 122 Å². The molecule has 0 saturated heterocycles. The number of nitrogens with one attached hydrogen (secondary N) is 3. The summed E-state index contributed by atoms with van der Waals surface area (Å²) in [6.45, 7) is 6.18. The lowest BCUT2D eigenvalue weighted by molar-refractivity contribution is 0.102. The molecule has 4 rings (SSSR count). The van der Waals surface area contributed by atoms with Crippen LogP contribution in [-0.2, 0) is 22.9 Å². The third kappa shape index (κ3) is 5.33. The third-order valence-corrected chi connectivity index (χ3v) is 7.48. The molecular formula is C23H30N6O3S. The normalized spacial score (nSPS) is 16.2. The molecule has 0 bridgehead atoms. The molecule has 0 radical (unpaired) electrons. The molecule has 1 atom stereocenters. The monoisotopic (exact) mass is 470 g/mol. The molecule has 3 N–H and O–H groups in total. The number of H-pyrrole nitrogens is 1. The van der Waals surface area contributed by atoms with Gasteiger partial charge in [-0.2, -0.15) is 10.2 Å². The molecular weight excluding hydrogens is 440 g/mol. The Morgan fingerprint density at radius 3 is 2.76 bits per heavy atom. The van der Waals surface area contributed by atoms with Crippen molar-refractivity contribution in [2.45, 2.75) is 46.1 Å². The van der Waals surface area contributed by atoms with Crippen LogP contribution in [0.3, 0.4) is 0 Å². The molecule has 33 heavy (non-hydrogen) atoms. The number of benzene rings is 1. The van der Waals surface area contributed by atoms with E-state index in [4.69, 9.17) is 0 Å². The summed E-state index contributed by atoms with van der Waals surface area (Å²) in [6.07, 6.45) is 5.95. The van der Waals surface area contributed by atoms with Crippen molar-refractivity contribution < 1.29 is 13.2 Å². The maximum Gasteiger partial charge on any atom is 0.276 e. The van der Waals surface area contributed by atoms with Gasteiger partial charge in [0, 0.05) is 24.0 Å². The largest absolute Gasteiger partial charge is 0.318 e. The van der Waals surface area contributed by atoms with E-state index in [9.17, 15) is 13.2 Å². The first-order valence-corrected chi connectivity index (χ1v) is 12.8. The van der Waals surface area contributed by atoms with Gasteiger partial charge in [-0.3, -0.25) is 14.6 Å². The van der Waals surface area contributed by atoms with Crippen LogP contribution < -0.4 is 10.0 Å². The van der Waals surface area contributed by atoms with E-state index in [2.05, 4.69) is 39.2 Å². The molecule has 1 aliphatic rings. The molecule has 0 spiro atoms. The fourth-order valence-corrected chi connectivity index (χ4v) is 4.76. The number of carbonyl (C=O) groups excluding carboxylic acids is 1. The van der Waals surface area contributed by atoms with Crippen molar-refractivity contribution in [1.82, 2.24) is 24.7 Å². The van der Waals surface area contributed by atoms with Crippen molar-refractivity contribution in [3.05, 3.63) is 65.2 Å². The summed E-state index contributed by atoms with van der Waals surface area (Å²) in [5.41, 5.74) is 4.05. The fraction of sp³-hybridized carbons (Fsp3) is 0.435. The van der Waals surface area contributed by atoms with Crippen LogP contribution in [0.2, 0.25) is 0 Å². The van der Waals surface area contributed by atoms with Gasteiger partial charge >= 0.3 is 0 Å². The minimum atomic E-state index is -3.36. The molecule has 176 valence electrons. The summed E-state index contributed by atoms with van der Waals surface area (Å²) in [5, 5.41) is 14.6. The predicted octanol–water partition coefficient (Wildman–Crippen LogP) is 2.90. The number of nitrogens with zero attached hydrogens (tertiary/aromatic N) is 3. The summed E-state index contributed by atoms with van der Waals surface area (Å²) in [4.78, 5) is 12.9. The zero-order chi connectivity index (χ0) is 23.6. The van der Waals surface area contributed by atoms with Gasteiger partial charge in [-0.25, -0.2) is 13.1 Å². The zero-order valence-corrected chi connectivity index (χ0v) is 19.9. The molecule has 1 aromatic carbocycles. The minimum absolute atomic E-state index is 0.0000923. The zero-order valence-electron chi connectivity index (χ0n) is 19.1. The molecule has 0 saturated carbocycles. The molecule has 3 aromatic rings. The number of hydrogen-bond acceptors (Lipinski definition) is 5. The van der Waals surface area contributed by atoms with Gasteiger partial charge in [0.2, 0.25) is 10.0 Å². The highest BCUT2D eigenvalue weighted by atomic mass is 32.2. The second-order valence-electron chi connectivity index (χ2n) is 9.21. The van der Waals surface area contributed by atoms with Crippen LogP contribution in [0.25, 0.3) is 0 Å². The van der Waals surface area contributed by atoms with Gasteiger partial charge in [-0.05, 0) is 37.2 Å². The van der Waals surface area contributed by atoms with Crippen molar-refractivity contribution in [2.24, 2.45) is 5.41 Å². The van der Waals surface area contributed by atoms with Crippen LogP contribution in [0, 0.1) is 5.41 Å². The first-order chi connectivity index (χ1) is 15.7. The molecule has 2 aromatic heterocycles. The number of fused-ring (bicyclic) bond motifs is 1. The van der Waals surface area contributed by atoms with Gasteiger partial charge in [0.15, 0.2) is 5.69 Å². The van der Waals surface area contributed by atoms with Gasteiger partial charge in [0.25, 0.3) is 5.91 Å². The highest BCUT2D eigenvalue weighted by molar-refractivity contribution is 7.89. The van der Waals surface area contributed by atoms with Crippen molar-refractivity contribution in [3.8, 4) is 0 Å². The fourth-order valence-electron chi connectivity index (χ4n) is 4.15. The van der Waals surface area contributed by atoms with Crippen molar-refractivity contribution in [3.63, 3.8) is 0 Å². The van der Waals surface area contributed by atoms with Crippen LogP contribution in [0.4, 0.5) is 5.69 Å². The van der Waals surface area contributed by atoms with Gasteiger partial charge in [0.1, 0.15) is 0 Å². The average molecular weight is 471 g/mol. The van der Waals surface area contributed by atoms with E-state index in [1.165, 1.54) is 0 Å². The molecule has 10 heteroatoms. The highest BCUT2D eigenvalue weighted by Gasteiger charge is 2.30. The molecule has 0 fully saturated rings. The molecule has 0 aliphatic heterocycles. The summed E-state index contributed by atoms with van der Waals surface area (Å²) in [5.74, 6) is -0.283. The lowest BCUT2D eigenvalue weighted by Gasteiger charge is -2.28. The van der Waals surface area contributed by atoms with E-state index >= 15 is 0 Å². The number of carbonyl (C=O) groups is 1. The number of rotatable bonds is 8. The number of anilines is 1. The van der Waals surface area contributed by atoms with E-state index in [1.807, 2.05) is 30.3 Å². The number of aromatic amines is 1.